The molecule has 0 radical (unpaired) electrons. The molecular weight excluding hydrogens is 407 g/mol. The van der Waals surface area contributed by atoms with E-state index in [4.69, 9.17) is 16.3 Å². The van der Waals surface area contributed by atoms with Crippen LogP contribution in [-0.4, -0.2) is 12.3 Å². The monoisotopic (exact) mass is 423 g/mol. The lowest BCUT2D eigenvalue weighted by molar-refractivity contribution is -0.274. The molecule has 3 rings (SSSR count). The Bertz CT molecular complexity index is 1050. The normalized spacial score (nSPS) is 12.5. The Morgan fingerprint density at radius 3 is 2.31 bits per heavy atom. The minimum Gasteiger partial charge on any atom is -0.456 e. The van der Waals surface area contributed by atoms with Crippen molar-refractivity contribution >= 4 is 28.3 Å². The number of fused-ring (bicyclic) bond motifs is 1. The molecule has 0 saturated heterocycles. The lowest BCUT2D eigenvalue weighted by Crippen LogP contribution is -2.23. The molecule has 3 aromatic carbocycles. The molecule has 0 aromatic heterocycles. The van der Waals surface area contributed by atoms with Crippen molar-refractivity contribution in [3.63, 3.8) is 0 Å². The number of alkyl halides is 3. The van der Waals surface area contributed by atoms with Crippen LogP contribution in [0.1, 0.15) is 25.5 Å². The van der Waals surface area contributed by atoms with Crippen molar-refractivity contribution in [3.05, 3.63) is 65.2 Å². The van der Waals surface area contributed by atoms with Gasteiger partial charge in [-0.2, -0.15) is 0 Å². The van der Waals surface area contributed by atoms with E-state index in [1.807, 2.05) is 31.2 Å². The lowest BCUT2D eigenvalue weighted by atomic mass is 10.0. The largest absolute Gasteiger partial charge is 0.573 e. The number of nitrogens with one attached hydrogen (secondary N) is 1. The second kappa shape index (κ2) is 8.21. The Hall–Kier alpha value is -2.93. The molecule has 152 valence electrons. The molecule has 1 amide bonds. The Morgan fingerprint density at radius 1 is 1.00 bits per heavy atom. The van der Waals surface area contributed by atoms with Crippen molar-refractivity contribution in [1.82, 2.24) is 5.32 Å². The van der Waals surface area contributed by atoms with Gasteiger partial charge in [-0.15, -0.1) is 13.2 Å². The predicted molar refractivity (Wildman–Crippen MR) is 104 cm³/mol. The number of halogens is 4. The highest BCUT2D eigenvalue weighted by atomic mass is 35.5. The Labute approximate surface area is 170 Å². The molecule has 8 heteroatoms. The molecule has 0 saturated carbocycles. The molecule has 0 heterocycles. The van der Waals surface area contributed by atoms with E-state index in [0.717, 1.165) is 28.5 Å². The van der Waals surface area contributed by atoms with Gasteiger partial charge in [0.2, 0.25) is 5.91 Å². The van der Waals surface area contributed by atoms with Gasteiger partial charge in [-0.3, -0.25) is 4.79 Å². The molecule has 0 aliphatic carbocycles. The fraction of sp³-hybridized carbons (Fsp3) is 0.190. The van der Waals surface area contributed by atoms with Gasteiger partial charge in [0.1, 0.15) is 17.2 Å². The fourth-order valence-corrected chi connectivity index (χ4v) is 3.06. The van der Waals surface area contributed by atoms with Crippen molar-refractivity contribution in [2.24, 2.45) is 0 Å². The maximum atomic E-state index is 12.3. The first kappa shape index (κ1) is 20.8. The van der Waals surface area contributed by atoms with Crippen LogP contribution in [0.4, 0.5) is 13.2 Å². The molecule has 0 bridgehead atoms. The number of rotatable bonds is 5. The SMILES string of the molecule is CC(=O)NC(C)c1ccc2cc(Oc3ccc(OC(F)(F)F)cc3Cl)ccc2c1. The molecule has 1 atom stereocenters. The lowest BCUT2D eigenvalue weighted by Gasteiger charge is -2.14. The van der Waals surface area contributed by atoms with Gasteiger partial charge in [-0.25, -0.2) is 0 Å². The quantitative estimate of drug-likeness (QED) is 0.518. The standard InChI is InChI=1S/C21H17ClF3NO3/c1-12(26-13(2)27)14-3-4-16-10-17(6-5-15(16)9-14)28-20-8-7-18(11-19(20)22)29-21(23,24)25/h3-12H,1-2H3,(H,26,27). The first-order valence-corrected chi connectivity index (χ1v) is 9.02. The topological polar surface area (TPSA) is 47.6 Å². The number of ether oxygens (including phenoxy) is 2. The van der Waals surface area contributed by atoms with Crippen LogP contribution in [0.2, 0.25) is 5.02 Å². The van der Waals surface area contributed by atoms with Crippen LogP contribution >= 0.6 is 11.6 Å². The number of amides is 1. The smallest absolute Gasteiger partial charge is 0.456 e. The van der Waals surface area contributed by atoms with Gasteiger partial charge in [-0.05, 0) is 53.6 Å². The molecule has 0 aliphatic heterocycles. The van der Waals surface area contributed by atoms with Crippen LogP contribution in [0.5, 0.6) is 17.2 Å². The van der Waals surface area contributed by atoms with E-state index < -0.39 is 12.1 Å². The maximum Gasteiger partial charge on any atom is 0.573 e. The molecule has 1 unspecified atom stereocenters. The highest BCUT2D eigenvalue weighted by Gasteiger charge is 2.31. The highest BCUT2D eigenvalue weighted by molar-refractivity contribution is 6.32. The maximum absolute atomic E-state index is 12.3. The van der Waals surface area contributed by atoms with Crippen LogP contribution in [-0.2, 0) is 4.79 Å². The van der Waals surface area contributed by atoms with Gasteiger partial charge in [0.15, 0.2) is 0 Å². The van der Waals surface area contributed by atoms with Gasteiger partial charge >= 0.3 is 6.36 Å². The van der Waals surface area contributed by atoms with Gasteiger partial charge in [0, 0.05) is 13.0 Å². The summed E-state index contributed by atoms with van der Waals surface area (Å²) in [5.41, 5.74) is 0.963. The average molecular weight is 424 g/mol. The van der Waals surface area contributed by atoms with Crippen molar-refractivity contribution in [3.8, 4) is 17.2 Å². The summed E-state index contributed by atoms with van der Waals surface area (Å²) < 4.78 is 46.4. The molecule has 4 nitrogen and oxygen atoms in total. The van der Waals surface area contributed by atoms with Crippen LogP contribution in [0.15, 0.2) is 54.6 Å². The zero-order chi connectivity index (χ0) is 21.2. The van der Waals surface area contributed by atoms with Crippen molar-refractivity contribution in [1.29, 1.82) is 0 Å². The molecule has 0 fully saturated rings. The van der Waals surface area contributed by atoms with Gasteiger partial charge in [-0.1, -0.05) is 29.8 Å². The van der Waals surface area contributed by atoms with E-state index in [0.29, 0.717) is 5.75 Å². The van der Waals surface area contributed by atoms with Crippen molar-refractivity contribution in [2.75, 3.05) is 0 Å². The second-order valence-electron chi connectivity index (χ2n) is 6.43. The van der Waals surface area contributed by atoms with Crippen LogP contribution in [0.3, 0.4) is 0 Å². The highest BCUT2D eigenvalue weighted by Crippen LogP contribution is 2.35. The summed E-state index contributed by atoms with van der Waals surface area (Å²) in [4.78, 5) is 11.2. The van der Waals surface area contributed by atoms with Crippen molar-refractivity contribution < 1.29 is 27.4 Å². The number of benzene rings is 3. The molecular formula is C21H17ClF3NO3. The van der Waals surface area contributed by atoms with Crippen LogP contribution in [0, 0.1) is 0 Å². The summed E-state index contributed by atoms with van der Waals surface area (Å²) in [6, 6.07) is 14.5. The number of carbonyl (C=O) groups is 1. The van der Waals surface area contributed by atoms with E-state index in [2.05, 4.69) is 10.1 Å². The Morgan fingerprint density at radius 2 is 1.66 bits per heavy atom. The fourth-order valence-electron chi connectivity index (χ4n) is 2.85. The molecule has 29 heavy (non-hydrogen) atoms. The van der Waals surface area contributed by atoms with E-state index >= 15 is 0 Å². The molecule has 1 N–H and O–H groups in total. The third kappa shape index (κ3) is 5.54. The molecule has 0 aliphatic rings. The summed E-state index contributed by atoms with van der Waals surface area (Å²) >= 11 is 6.02. The van der Waals surface area contributed by atoms with Gasteiger partial charge in [0.05, 0.1) is 11.1 Å². The predicted octanol–water partition coefficient (Wildman–Crippen LogP) is 6.38. The minimum atomic E-state index is -4.79. The molecule has 0 spiro atoms. The van der Waals surface area contributed by atoms with E-state index in [9.17, 15) is 18.0 Å². The average Bonchev–Trinajstić information content (AvgIpc) is 2.61. The van der Waals surface area contributed by atoms with E-state index in [1.165, 1.54) is 13.0 Å². The minimum absolute atomic E-state index is 0.00803. The summed E-state index contributed by atoms with van der Waals surface area (Å²) in [6.45, 7) is 3.36. The summed E-state index contributed by atoms with van der Waals surface area (Å²) in [5, 5.41) is 4.67. The summed E-state index contributed by atoms with van der Waals surface area (Å²) in [7, 11) is 0. The van der Waals surface area contributed by atoms with Crippen LogP contribution < -0.4 is 14.8 Å². The summed E-state index contributed by atoms with van der Waals surface area (Å²) in [5.74, 6) is 0.155. The first-order chi connectivity index (χ1) is 13.6. The number of hydrogen-bond acceptors (Lipinski definition) is 3. The zero-order valence-electron chi connectivity index (χ0n) is 15.5. The van der Waals surface area contributed by atoms with Crippen molar-refractivity contribution in [2.45, 2.75) is 26.3 Å². The van der Waals surface area contributed by atoms with E-state index in [1.54, 1.807) is 12.1 Å². The third-order valence-corrected chi connectivity index (χ3v) is 4.42. The summed E-state index contributed by atoms with van der Waals surface area (Å²) in [6.07, 6.45) is -4.79. The Kier molecular flexibility index (Phi) is 5.88. The number of hydrogen-bond donors (Lipinski definition) is 1. The third-order valence-electron chi connectivity index (χ3n) is 4.12. The van der Waals surface area contributed by atoms with Crippen LogP contribution in [0.25, 0.3) is 10.8 Å². The zero-order valence-corrected chi connectivity index (χ0v) is 16.3. The Balaban J connectivity index is 1.79. The van der Waals surface area contributed by atoms with E-state index in [-0.39, 0.29) is 22.7 Å². The van der Waals surface area contributed by atoms with Gasteiger partial charge < -0.3 is 14.8 Å². The first-order valence-electron chi connectivity index (χ1n) is 8.65. The van der Waals surface area contributed by atoms with Gasteiger partial charge in [0.25, 0.3) is 0 Å². The second-order valence-corrected chi connectivity index (χ2v) is 6.84. The number of carbonyl (C=O) groups excluding carboxylic acids is 1. The molecule has 3 aromatic rings.